The van der Waals surface area contributed by atoms with Crippen molar-refractivity contribution >= 4 is 18.2 Å². The molecule has 6 nitrogen and oxygen atoms in total. The van der Waals surface area contributed by atoms with Gasteiger partial charge in [-0.3, -0.25) is 5.43 Å². The first-order valence-electron chi connectivity index (χ1n) is 8.35. The molecule has 2 aromatic rings. The van der Waals surface area contributed by atoms with Gasteiger partial charge in [0.2, 0.25) is 11.7 Å². The number of hydrogen-bond acceptors (Lipinski definition) is 6. The molecule has 1 atom stereocenters. The van der Waals surface area contributed by atoms with E-state index in [1.165, 1.54) is 25.7 Å². The summed E-state index contributed by atoms with van der Waals surface area (Å²) >= 11 is 0. The molecule has 1 unspecified atom stereocenters. The molecule has 3 aliphatic carbocycles. The SMILES string of the molecule is Cl.c1ccc(-c2nnc(C3=NNC4(CC5CCC4CC5)N3)o2)cc1. The summed E-state index contributed by atoms with van der Waals surface area (Å²) in [5, 5.41) is 16.3. The van der Waals surface area contributed by atoms with E-state index in [1.54, 1.807) is 0 Å². The summed E-state index contributed by atoms with van der Waals surface area (Å²) in [7, 11) is 0. The molecule has 1 aromatic carbocycles. The van der Waals surface area contributed by atoms with Crippen molar-refractivity contribution in [3.63, 3.8) is 0 Å². The summed E-state index contributed by atoms with van der Waals surface area (Å²) in [5.41, 5.74) is 4.17. The van der Waals surface area contributed by atoms with Crippen LogP contribution >= 0.6 is 12.4 Å². The van der Waals surface area contributed by atoms with Crippen LogP contribution in [0, 0.1) is 11.8 Å². The third kappa shape index (κ3) is 2.36. The van der Waals surface area contributed by atoms with Crippen LogP contribution in [0.25, 0.3) is 11.5 Å². The van der Waals surface area contributed by atoms with Crippen LogP contribution < -0.4 is 10.7 Å². The zero-order chi connectivity index (χ0) is 15.3. The lowest BCUT2D eigenvalue weighted by Gasteiger charge is -2.49. The van der Waals surface area contributed by atoms with Gasteiger partial charge in [0.05, 0.1) is 0 Å². The van der Waals surface area contributed by atoms with Gasteiger partial charge in [0.25, 0.3) is 5.89 Å². The molecule has 3 fully saturated rings. The van der Waals surface area contributed by atoms with Gasteiger partial charge in [-0.05, 0) is 50.2 Å². The van der Waals surface area contributed by atoms with Crippen molar-refractivity contribution in [2.45, 2.75) is 37.8 Å². The van der Waals surface area contributed by atoms with Crippen LogP contribution in [0.2, 0.25) is 0 Å². The molecular formula is C17H20ClN5O. The predicted octanol–water partition coefficient (Wildman–Crippen LogP) is 2.92. The fraction of sp³-hybridized carbons (Fsp3) is 0.471. The highest BCUT2D eigenvalue weighted by molar-refractivity contribution is 5.96. The molecule has 1 spiro atoms. The number of halogens is 1. The molecule has 3 saturated carbocycles. The minimum absolute atomic E-state index is 0. The highest BCUT2D eigenvalue weighted by atomic mass is 35.5. The zero-order valence-electron chi connectivity index (χ0n) is 13.2. The van der Waals surface area contributed by atoms with Crippen LogP contribution in [0.1, 0.15) is 38.0 Å². The normalized spacial score (nSPS) is 30.4. The minimum atomic E-state index is -0.0993. The maximum atomic E-state index is 5.81. The van der Waals surface area contributed by atoms with Crippen LogP contribution in [-0.4, -0.2) is 21.7 Å². The summed E-state index contributed by atoms with van der Waals surface area (Å²) in [4.78, 5) is 0. The van der Waals surface area contributed by atoms with Crippen LogP contribution in [0.5, 0.6) is 0 Å². The summed E-state index contributed by atoms with van der Waals surface area (Å²) in [6.45, 7) is 0. The Bertz CT molecular complexity index is 753. The van der Waals surface area contributed by atoms with Gasteiger partial charge in [0, 0.05) is 11.5 Å². The van der Waals surface area contributed by atoms with Crippen molar-refractivity contribution in [2.75, 3.05) is 0 Å². The fourth-order valence-electron chi connectivity index (χ4n) is 4.31. The van der Waals surface area contributed by atoms with Gasteiger partial charge in [-0.1, -0.05) is 18.2 Å². The van der Waals surface area contributed by atoms with Crippen LogP contribution in [0.3, 0.4) is 0 Å². The summed E-state index contributed by atoms with van der Waals surface area (Å²) in [6.07, 6.45) is 6.37. The second-order valence-electron chi connectivity index (χ2n) is 6.87. The number of hydrogen-bond donors (Lipinski definition) is 2. The Labute approximate surface area is 146 Å². The molecule has 1 aromatic heterocycles. The number of nitrogens with zero attached hydrogens (tertiary/aromatic N) is 3. The Morgan fingerprint density at radius 3 is 2.46 bits per heavy atom. The van der Waals surface area contributed by atoms with Crippen molar-refractivity contribution in [3.05, 3.63) is 36.2 Å². The topological polar surface area (TPSA) is 75.3 Å². The summed E-state index contributed by atoms with van der Waals surface area (Å²) in [6, 6.07) is 9.80. The van der Waals surface area contributed by atoms with Crippen molar-refractivity contribution in [2.24, 2.45) is 16.9 Å². The largest absolute Gasteiger partial charge is 0.413 e. The average Bonchev–Trinajstić information content (AvgIpc) is 3.25. The van der Waals surface area contributed by atoms with E-state index in [2.05, 4.69) is 26.0 Å². The lowest BCUT2D eigenvalue weighted by Crippen LogP contribution is -2.62. The lowest BCUT2D eigenvalue weighted by molar-refractivity contribution is 0.0393. The number of aromatic nitrogens is 2. The maximum Gasteiger partial charge on any atom is 0.285 e. The Morgan fingerprint density at radius 1 is 1.00 bits per heavy atom. The molecule has 24 heavy (non-hydrogen) atoms. The molecule has 4 aliphatic rings. The third-order valence-corrected chi connectivity index (χ3v) is 5.51. The van der Waals surface area contributed by atoms with Gasteiger partial charge in [0.15, 0.2) is 0 Å². The van der Waals surface area contributed by atoms with Crippen molar-refractivity contribution in [3.8, 4) is 11.5 Å². The Balaban J connectivity index is 0.00000146. The van der Waals surface area contributed by atoms with Crippen LogP contribution in [0.15, 0.2) is 39.9 Å². The zero-order valence-corrected chi connectivity index (χ0v) is 14.1. The molecule has 0 amide bonds. The molecule has 2 N–H and O–H groups in total. The van der Waals surface area contributed by atoms with Gasteiger partial charge in [-0.2, -0.15) is 5.10 Å². The Morgan fingerprint density at radius 2 is 1.75 bits per heavy atom. The number of fused-ring (bicyclic) bond motifs is 2. The van der Waals surface area contributed by atoms with E-state index in [9.17, 15) is 0 Å². The monoisotopic (exact) mass is 345 g/mol. The Kier molecular flexibility index (Phi) is 3.72. The molecule has 0 saturated heterocycles. The highest BCUT2D eigenvalue weighted by Gasteiger charge is 2.50. The first kappa shape index (κ1) is 15.4. The van der Waals surface area contributed by atoms with E-state index in [4.69, 9.17) is 4.42 Å². The number of rotatable bonds is 2. The van der Waals surface area contributed by atoms with Crippen molar-refractivity contribution in [1.29, 1.82) is 0 Å². The quantitative estimate of drug-likeness (QED) is 0.875. The molecule has 7 heteroatoms. The molecule has 126 valence electrons. The average molecular weight is 346 g/mol. The Hall–Kier alpha value is -2.08. The van der Waals surface area contributed by atoms with Gasteiger partial charge < -0.3 is 9.73 Å². The second kappa shape index (κ2) is 5.77. The van der Waals surface area contributed by atoms with Gasteiger partial charge >= 0.3 is 0 Å². The number of hydrazone groups is 1. The van der Waals surface area contributed by atoms with Crippen molar-refractivity contribution in [1.82, 2.24) is 20.9 Å². The third-order valence-electron chi connectivity index (χ3n) is 5.51. The minimum Gasteiger partial charge on any atom is -0.413 e. The molecule has 0 radical (unpaired) electrons. The molecule has 2 heterocycles. The van der Waals surface area contributed by atoms with Crippen molar-refractivity contribution < 1.29 is 4.42 Å². The first-order chi connectivity index (χ1) is 11.3. The van der Waals surface area contributed by atoms with E-state index in [0.717, 1.165) is 17.9 Å². The predicted molar refractivity (Wildman–Crippen MR) is 92.6 cm³/mol. The molecule has 1 aliphatic heterocycles. The number of benzene rings is 1. The van der Waals surface area contributed by atoms with E-state index in [1.807, 2.05) is 30.3 Å². The van der Waals surface area contributed by atoms with Crippen LogP contribution in [-0.2, 0) is 0 Å². The van der Waals surface area contributed by atoms with E-state index < -0.39 is 0 Å². The lowest BCUT2D eigenvalue weighted by atomic mass is 9.64. The first-order valence-corrected chi connectivity index (χ1v) is 8.35. The van der Waals surface area contributed by atoms with Gasteiger partial charge in [-0.15, -0.1) is 22.6 Å². The second-order valence-corrected chi connectivity index (χ2v) is 6.87. The van der Waals surface area contributed by atoms with E-state index in [-0.39, 0.29) is 18.1 Å². The fourth-order valence-corrected chi connectivity index (χ4v) is 4.31. The smallest absolute Gasteiger partial charge is 0.285 e. The highest BCUT2D eigenvalue weighted by Crippen LogP contribution is 2.47. The standard InChI is InChI=1S/C17H19N5O.ClH/c1-2-4-12(5-3-1)15-20-21-16(23-15)14-18-17(22-19-14)10-11-6-8-13(17)9-7-11;/h1-5,11,13,22H,6-10H2,(H,18,19);1H. The molecular weight excluding hydrogens is 326 g/mol. The maximum absolute atomic E-state index is 5.81. The van der Waals surface area contributed by atoms with E-state index >= 15 is 0 Å². The summed E-state index contributed by atoms with van der Waals surface area (Å²) in [5.74, 6) is 3.08. The van der Waals surface area contributed by atoms with Gasteiger partial charge in [0.1, 0.15) is 5.66 Å². The molecule has 6 rings (SSSR count). The number of amidine groups is 1. The van der Waals surface area contributed by atoms with Crippen LogP contribution in [0.4, 0.5) is 0 Å². The summed E-state index contributed by atoms with van der Waals surface area (Å²) < 4.78 is 5.81. The van der Waals surface area contributed by atoms with Gasteiger partial charge in [-0.25, -0.2) is 0 Å². The number of nitrogens with one attached hydrogen (secondary N) is 2. The van der Waals surface area contributed by atoms with E-state index in [0.29, 0.717) is 23.5 Å². The molecule has 2 bridgehead atoms.